The molecular weight excluding hydrogens is 299 g/mol. The van der Waals surface area contributed by atoms with E-state index in [0.29, 0.717) is 6.42 Å². The highest BCUT2D eigenvalue weighted by atomic mass is 32.2. The lowest BCUT2D eigenvalue weighted by Crippen LogP contribution is -2.32. The molecule has 0 amide bonds. The second-order valence-electron chi connectivity index (χ2n) is 4.37. The molecule has 0 atom stereocenters. The Morgan fingerprint density at radius 1 is 1.48 bits per heavy atom. The van der Waals surface area contributed by atoms with Crippen LogP contribution in [0.5, 0.6) is 0 Å². The number of nitro groups is 1. The summed E-state index contributed by atoms with van der Waals surface area (Å²) in [5, 5.41) is 10.8. The molecule has 1 rings (SSSR count). The minimum atomic E-state index is -4.01. The molecule has 0 aliphatic rings. The van der Waals surface area contributed by atoms with E-state index in [-0.39, 0.29) is 23.5 Å². The van der Waals surface area contributed by atoms with E-state index < -0.39 is 26.5 Å². The van der Waals surface area contributed by atoms with E-state index >= 15 is 0 Å². The van der Waals surface area contributed by atoms with E-state index in [1.54, 1.807) is 6.92 Å². The minimum absolute atomic E-state index is 0.0937. The van der Waals surface area contributed by atoms with Crippen molar-refractivity contribution >= 4 is 15.7 Å². The zero-order valence-corrected chi connectivity index (χ0v) is 12.5. The Hall–Kier alpha value is -1.98. The van der Waals surface area contributed by atoms with Gasteiger partial charge in [-0.1, -0.05) is 12.8 Å². The van der Waals surface area contributed by atoms with Crippen molar-refractivity contribution in [2.24, 2.45) is 0 Å². The molecule has 0 spiro atoms. The van der Waals surface area contributed by atoms with Crippen molar-refractivity contribution in [3.63, 3.8) is 0 Å². The molecule has 0 fully saturated rings. The van der Waals surface area contributed by atoms with Crippen LogP contribution in [0, 0.1) is 35.2 Å². The largest absolute Gasteiger partial charge is 0.306 e. The quantitative estimate of drug-likeness (QED) is 0.457. The molecule has 0 aliphatic carbocycles. The summed E-state index contributed by atoms with van der Waals surface area (Å²) in [6, 6.07) is 1.57. The third-order valence-corrected chi connectivity index (χ3v) is 4.79. The molecule has 0 heterocycles. The fraction of sp³-hybridized carbons (Fsp3) is 0.385. The van der Waals surface area contributed by atoms with Crippen molar-refractivity contribution in [2.45, 2.75) is 25.2 Å². The minimum Gasteiger partial charge on any atom is -0.258 e. The number of rotatable bonds is 6. The first-order valence-electron chi connectivity index (χ1n) is 6.13. The van der Waals surface area contributed by atoms with Gasteiger partial charge in [0.2, 0.25) is 15.8 Å². The normalized spacial score (nSPS) is 11.4. The number of hydrogen-bond acceptors (Lipinski definition) is 4. The van der Waals surface area contributed by atoms with Crippen LogP contribution in [0.2, 0.25) is 0 Å². The van der Waals surface area contributed by atoms with Gasteiger partial charge in [-0.05, 0) is 25.0 Å². The summed E-state index contributed by atoms with van der Waals surface area (Å²) in [5.74, 6) is 1.16. The zero-order valence-electron chi connectivity index (χ0n) is 11.7. The topological polar surface area (TPSA) is 80.5 Å². The van der Waals surface area contributed by atoms with Crippen LogP contribution in [-0.4, -0.2) is 30.7 Å². The molecule has 114 valence electrons. The summed E-state index contributed by atoms with van der Waals surface area (Å²) in [6.07, 6.45) is 5.68. The molecule has 0 unspecified atom stereocenters. The molecule has 8 heteroatoms. The van der Waals surface area contributed by atoms with Crippen LogP contribution in [0.1, 0.15) is 18.9 Å². The maximum atomic E-state index is 13.5. The molecule has 0 aromatic heterocycles. The Morgan fingerprint density at radius 3 is 2.57 bits per heavy atom. The molecule has 1 aromatic rings. The summed E-state index contributed by atoms with van der Waals surface area (Å²) in [4.78, 5) is 9.49. The molecule has 0 N–H and O–H groups in total. The Morgan fingerprint density at radius 2 is 2.10 bits per heavy atom. The summed E-state index contributed by atoms with van der Waals surface area (Å²) in [7, 11) is -4.01. The molecule has 21 heavy (non-hydrogen) atoms. The van der Waals surface area contributed by atoms with Crippen molar-refractivity contribution in [3.05, 3.63) is 33.6 Å². The van der Waals surface area contributed by atoms with Gasteiger partial charge in [-0.3, -0.25) is 10.1 Å². The molecule has 1 aromatic carbocycles. The van der Waals surface area contributed by atoms with E-state index in [9.17, 15) is 22.9 Å². The van der Waals surface area contributed by atoms with Gasteiger partial charge in [0.25, 0.3) is 0 Å². The molecule has 0 saturated heterocycles. The number of benzene rings is 1. The first-order valence-corrected chi connectivity index (χ1v) is 7.57. The highest BCUT2D eigenvalue weighted by Gasteiger charge is 2.28. The predicted molar refractivity (Wildman–Crippen MR) is 75.7 cm³/mol. The summed E-state index contributed by atoms with van der Waals surface area (Å²) in [6.45, 7) is 3.18. The molecule has 6 nitrogen and oxygen atoms in total. The zero-order chi connectivity index (χ0) is 16.2. The summed E-state index contributed by atoms with van der Waals surface area (Å²) < 4.78 is 39.5. The molecule has 0 radical (unpaired) electrons. The molecule has 0 aliphatic heterocycles. The number of nitro benzene ring substituents is 1. The third kappa shape index (κ3) is 3.56. The molecule has 0 bridgehead atoms. The Bertz CT molecular complexity index is 695. The van der Waals surface area contributed by atoms with Crippen LogP contribution >= 0.6 is 0 Å². The van der Waals surface area contributed by atoms with Crippen molar-refractivity contribution < 1.29 is 17.7 Å². The summed E-state index contributed by atoms with van der Waals surface area (Å²) in [5.41, 5.74) is -0.785. The lowest BCUT2D eigenvalue weighted by atomic mass is 10.2. The van der Waals surface area contributed by atoms with Crippen LogP contribution in [0.25, 0.3) is 0 Å². The van der Waals surface area contributed by atoms with Crippen molar-refractivity contribution in [3.8, 4) is 12.3 Å². The smallest absolute Gasteiger partial charge is 0.258 e. The van der Waals surface area contributed by atoms with Gasteiger partial charge in [0.1, 0.15) is 0 Å². The predicted octanol–water partition coefficient (Wildman–Crippen LogP) is 2.08. The highest BCUT2D eigenvalue weighted by Crippen LogP contribution is 2.27. The number of sulfonamides is 1. The van der Waals surface area contributed by atoms with Gasteiger partial charge in [0.05, 0.1) is 16.4 Å². The lowest BCUT2D eigenvalue weighted by Gasteiger charge is -2.20. The van der Waals surface area contributed by atoms with Gasteiger partial charge in [-0.15, -0.1) is 6.42 Å². The van der Waals surface area contributed by atoms with Crippen LogP contribution in [0.15, 0.2) is 17.0 Å². The number of hydrogen-bond donors (Lipinski definition) is 0. The number of nitrogens with zero attached hydrogens (tertiary/aromatic N) is 2. The van der Waals surface area contributed by atoms with E-state index in [0.717, 1.165) is 16.4 Å². The number of aryl methyl sites for hydroxylation is 1. The summed E-state index contributed by atoms with van der Waals surface area (Å²) >= 11 is 0. The number of terminal acetylenes is 1. The van der Waals surface area contributed by atoms with Crippen LogP contribution < -0.4 is 0 Å². The van der Waals surface area contributed by atoms with Crippen molar-refractivity contribution in [2.75, 3.05) is 13.1 Å². The van der Waals surface area contributed by atoms with Gasteiger partial charge >= 0.3 is 5.69 Å². The van der Waals surface area contributed by atoms with E-state index in [1.165, 1.54) is 6.92 Å². The van der Waals surface area contributed by atoms with Gasteiger partial charge in [0.15, 0.2) is 0 Å². The van der Waals surface area contributed by atoms with E-state index in [1.807, 2.05) is 0 Å². The fourth-order valence-electron chi connectivity index (χ4n) is 1.83. The van der Waals surface area contributed by atoms with Gasteiger partial charge in [-0.25, -0.2) is 8.42 Å². The van der Waals surface area contributed by atoms with Gasteiger partial charge in [0, 0.05) is 12.6 Å². The average Bonchev–Trinajstić information content (AvgIpc) is 2.37. The fourth-order valence-corrected chi connectivity index (χ4v) is 3.51. The molecule has 0 saturated carbocycles. The maximum absolute atomic E-state index is 13.5. The monoisotopic (exact) mass is 314 g/mol. The van der Waals surface area contributed by atoms with Crippen molar-refractivity contribution in [1.82, 2.24) is 4.31 Å². The lowest BCUT2D eigenvalue weighted by molar-refractivity contribution is -0.387. The molecular formula is C13H15FN2O4S. The van der Waals surface area contributed by atoms with Gasteiger partial charge < -0.3 is 0 Å². The first kappa shape index (κ1) is 17.1. The van der Waals surface area contributed by atoms with Gasteiger partial charge in [-0.2, -0.15) is 8.70 Å². The second kappa shape index (κ2) is 6.65. The first-order chi connectivity index (χ1) is 9.75. The SMILES string of the molecule is C#CCN(CCC)S(=O)(=O)c1cc([N+](=O)[O-])c(F)cc1C. The Balaban J connectivity index is 3.46. The standard InChI is InChI=1S/C13H15FN2O4S/c1-4-6-15(7-5-2)21(19,20)13-9-12(16(17)18)11(14)8-10(13)3/h1,8-9H,5-7H2,2-3H3. The van der Waals surface area contributed by atoms with Crippen molar-refractivity contribution in [1.29, 1.82) is 0 Å². The van der Waals surface area contributed by atoms with Crippen LogP contribution in [0.3, 0.4) is 0 Å². The average molecular weight is 314 g/mol. The second-order valence-corrected chi connectivity index (χ2v) is 6.28. The van der Waals surface area contributed by atoms with E-state index in [4.69, 9.17) is 6.42 Å². The maximum Gasteiger partial charge on any atom is 0.306 e. The highest BCUT2D eigenvalue weighted by molar-refractivity contribution is 7.89. The Labute approximate surface area is 122 Å². The van der Waals surface area contributed by atoms with E-state index in [2.05, 4.69) is 5.92 Å². The van der Waals surface area contributed by atoms with Crippen LogP contribution in [0.4, 0.5) is 10.1 Å². The Kier molecular flexibility index (Phi) is 5.41. The third-order valence-electron chi connectivity index (χ3n) is 2.80. The van der Waals surface area contributed by atoms with Crippen LogP contribution in [-0.2, 0) is 10.0 Å². The number of halogens is 1.